The highest BCUT2D eigenvalue weighted by Gasteiger charge is 2.05. The summed E-state index contributed by atoms with van der Waals surface area (Å²) >= 11 is 0. The summed E-state index contributed by atoms with van der Waals surface area (Å²) in [4.78, 5) is 0. The van der Waals surface area contributed by atoms with Gasteiger partial charge in [-0.25, -0.2) is 0 Å². The molecule has 0 atom stereocenters. The minimum atomic E-state index is 0.179. The summed E-state index contributed by atoms with van der Waals surface area (Å²) < 4.78 is 10.9. The van der Waals surface area contributed by atoms with Gasteiger partial charge in [0.05, 0.1) is 13.7 Å². The zero-order valence-corrected chi connectivity index (χ0v) is 13.1. The van der Waals surface area contributed by atoms with E-state index in [1.165, 1.54) is 0 Å². The van der Waals surface area contributed by atoms with Gasteiger partial charge in [-0.2, -0.15) is 0 Å². The Labute approximate surface area is 131 Å². The van der Waals surface area contributed by atoms with Gasteiger partial charge in [0.1, 0.15) is 0 Å². The van der Waals surface area contributed by atoms with Crippen LogP contribution >= 0.6 is 0 Å². The molecule has 2 aromatic carbocycles. The molecule has 0 saturated carbocycles. The van der Waals surface area contributed by atoms with E-state index in [1.807, 2.05) is 49.4 Å². The van der Waals surface area contributed by atoms with E-state index in [0.29, 0.717) is 19.6 Å². The summed E-state index contributed by atoms with van der Waals surface area (Å²) in [6.07, 6.45) is 0.691. The fourth-order valence-corrected chi connectivity index (χ4v) is 2.22. The summed E-state index contributed by atoms with van der Waals surface area (Å²) in [6, 6.07) is 14.0. The Bertz CT molecular complexity index is 581. The van der Waals surface area contributed by atoms with Crippen molar-refractivity contribution in [2.24, 2.45) is 0 Å². The van der Waals surface area contributed by atoms with Gasteiger partial charge in [-0.15, -0.1) is 0 Å². The van der Waals surface area contributed by atoms with Crippen molar-refractivity contribution < 1.29 is 14.6 Å². The molecule has 0 aromatic heterocycles. The quantitative estimate of drug-likeness (QED) is 0.786. The molecule has 0 heterocycles. The first kappa shape index (κ1) is 16.2. The number of benzene rings is 2. The second-order valence-electron chi connectivity index (χ2n) is 4.94. The molecule has 0 aliphatic heterocycles. The molecule has 22 heavy (non-hydrogen) atoms. The summed E-state index contributed by atoms with van der Waals surface area (Å²) in [5, 5.41) is 12.3. The Morgan fingerprint density at radius 3 is 2.36 bits per heavy atom. The number of anilines is 1. The Morgan fingerprint density at radius 1 is 1.00 bits per heavy atom. The molecule has 118 valence electrons. The molecule has 0 saturated heterocycles. The van der Waals surface area contributed by atoms with E-state index in [1.54, 1.807) is 7.11 Å². The number of nitrogens with one attached hydrogen (secondary N) is 1. The summed E-state index contributed by atoms with van der Waals surface area (Å²) in [5.41, 5.74) is 3.32. The van der Waals surface area contributed by atoms with Crippen molar-refractivity contribution >= 4 is 5.69 Å². The van der Waals surface area contributed by atoms with Crippen molar-refractivity contribution in [3.05, 3.63) is 53.6 Å². The van der Waals surface area contributed by atoms with E-state index in [0.717, 1.165) is 28.3 Å². The molecule has 2 rings (SSSR count). The first-order valence-corrected chi connectivity index (χ1v) is 7.50. The van der Waals surface area contributed by atoms with Gasteiger partial charge in [-0.1, -0.05) is 18.2 Å². The van der Waals surface area contributed by atoms with Gasteiger partial charge in [0.25, 0.3) is 0 Å². The molecule has 0 fully saturated rings. The van der Waals surface area contributed by atoms with Crippen LogP contribution in [0.5, 0.6) is 11.5 Å². The van der Waals surface area contributed by atoms with Crippen LogP contribution in [-0.2, 0) is 13.0 Å². The molecule has 4 heteroatoms. The van der Waals surface area contributed by atoms with Crippen LogP contribution in [0.2, 0.25) is 0 Å². The molecule has 0 amide bonds. The molecule has 0 bridgehead atoms. The van der Waals surface area contributed by atoms with Crippen LogP contribution < -0.4 is 14.8 Å². The van der Waals surface area contributed by atoms with Crippen molar-refractivity contribution in [3.63, 3.8) is 0 Å². The van der Waals surface area contributed by atoms with Crippen molar-refractivity contribution in [1.82, 2.24) is 0 Å². The largest absolute Gasteiger partial charge is 0.493 e. The Hall–Kier alpha value is -2.20. The average molecular weight is 301 g/mol. The molecule has 0 aliphatic rings. The van der Waals surface area contributed by atoms with Crippen LogP contribution in [0.1, 0.15) is 18.1 Å². The van der Waals surface area contributed by atoms with Crippen LogP contribution in [0.3, 0.4) is 0 Å². The number of ether oxygens (including phenoxy) is 2. The normalized spacial score (nSPS) is 10.3. The highest BCUT2D eigenvalue weighted by atomic mass is 16.5. The monoisotopic (exact) mass is 301 g/mol. The van der Waals surface area contributed by atoms with Gasteiger partial charge < -0.3 is 19.9 Å². The van der Waals surface area contributed by atoms with Gasteiger partial charge in [-0.05, 0) is 48.7 Å². The molecule has 2 N–H and O–H groups in total. The highest BCUT2D eigenvalue weighted by molar-refractivity contribution is 5.47. The van der Waals surface area contributed by atoms with Crippen molar-refractivity contribution in [2.75, 3.05) is 25.6 Å². The Kier molecular flexibility index (Phi) is 6.10. The van der Waals surface area contributed by atoms with Gasteiger partial charge in [-0.3, -0.25) is 0 Å². The van der Waals surface area contributed by atoms with E-state index >= 15 is 0 Å². The van der Waals surface area contributed by atoms with Crippen LogP contribution in [-0.4, -0.2) is 25.4 Å². The molecule has 4 nitrogen and oxygen atoms in total. The maximum absolute atomic E-state index is 8.92. The zero-order chi connectivity index (χ0) is 15.8. The first-order chi connectivity index (χ1) is 10.8. The maximum Gasteiger partial charge on any atom is 0.161 e. The second-order valence-corrected chi connectivity index (χ2v) is 4.94. The van der Waals surface area contributed by atoms with Gasteiger partial charge >= 0.3 is 0 Å². The standard InChI is InChI=1S/C18H23NO3/c1-3-22-18-12-15(6-9-17(18)21-2)13-19-16-7-4-14(5-8-16)10-11-20/h4-9,12,19-20H,3,10-11,13H2,1-2H3. The van der Waals surface area contributed by atoms with Crippen molar-refractivity contribution in [2.45, 2.75) is 19.9 Å². The summed E-state index contributed by atoms with van der Waals surface area (Å²) in [5.74, 6) is 1.52. The third-order valence-electron chi connectivity index (χ3n) is 3.38. The molecular weight excluding hydrogens is 278 g/mol. The number of methoxy groups -OCH3 is 1. The van der Waals surface area contributed by atoms with Crippen LogP contribution in [0.4, 0.5) is 5.69 Å². The number of hydrogen-bond acceptors (Lipinski definition) is 4. The Balaban J connectivity index is 2.00. The molecule has 0 radical (unpaired) electrons. The van der Waals surface area contributed by atoms with E-state index in [-0.39, 0.29) is 6.61 Å². The van der Waals surface area contributed by atoms with Gasteiger partial charge in [0.15, 0.2) is 11.5 Å². The lowest BCUT2D eigenvalue weighted by Crippen LogP contribution is -2.02. The van der Waals surface area contributed by atoms with E-state index in [2.05, 4.69) is 5.32 Å². The lowest BCUT2D eigenvalue weighted by atomic mass is 10.1. The van der Waals surface area contributed by atoms with E-state index in [9.17, 15) is 0 Å². The SMILES string of the molecule is CCOc1cc(CNc2ccc(CCO)cc2)ccc1OC. The predicted octanol–water partition coefficient (Wildman–Crippen LogP) is 3.24. The zero-order valence-electron chi connectivity index (χ0n) is 13.1. The molecule has 0 aliphatic carbocycles. The topological polar surface area (TPSA) is 50.7 Å². The van der Waals surface area contributed by atoms with Crippen LogP contribution in [0.15, 0.2) is 42.5 Å². The van der Waals surface area contributed by atoms with E-state index in [4.69, 9.17) is 14.6 Å². The first-order valence-electron chi connectivity index (χ1n) is 7.50. The smallest absolute Gasteiger partial charge is 0.161 e. The number of aliphatic hydroxyl groups excluding tert-OH is 1. The van der Waals surface area contributed by atoms with Crippen molar-refractivity contribution in [3.8, 4) is 11.5 Å². The second kappa shape index (κ2) is 8.29. The lowest BCUT2D eigenvalue weighted by Gasteiger charge is -2.12. The predicted molar refractivity (Wildman–Crippen MR) is 88.7 cm³/mol. The lowest BCUT2D eigenvalue weighted by molar-refractivity contribution is 0.299. The number of rotatable bonds is 8. The van der Waals surface area contributed by atoms with E-state index < -0.39 is 0 Å². The van der Waals surface area contributed by atoms with Crippen LogP contribution in [0.25, 0.3) is 0 Å². The fraction of sp³-hybridized carbons (Fsp3) is 0.333. The summed E-state index contributed by atoms with van der Waals surface area (Å²) in [6.45, 7) is 3.46. The summed E-state index contributed by atoms with van der Waals surface area (Å²) in [7, 11) is 1.64. The molecule has 0 unspecified atom stereocenters. The maximum atomic E-state index is 8.92. The van der Waals surface area contributed by atoms with Crippen molar-refractivity contribution in [1.29, 1.82) is 0 Å². The minimum Gasteiger partial charge on any atom is -0.493 e. The van der Waals surface area contributed by atoms with Gasteiger partial charge in [0.2, 0.25) is 0 Å². The van der Waals surface area contributed by atoms with Crippen LogP contribution in [0, 0.1) is 0 Å². The average Bonchev–Trinajstić information content (AvgIpc) is 2.55. The molecule has 0 spiro atoms. The Morgan fingerprint density at radius 2 is 1.73 bits per heavy atom. The van der Waals surface area contributed by atoms with Gasteiger partial charge in [0, 0.05) is 18.8 Å². The fourth-order valence-electron chi connectivity index (χ4n) is 2.22. The third-order valence-corrected chi connectivity index (χ3v) is 3.38. The molecule has 2 aromatic rings. The number of hydrogen-bond donors (Lipinski definition) is 2. The minimum absolute atomic E-state index is 0.179. The highest BCUT2D eigenvalue weighted by Crippen LogP contribution is 2.28. The number of aliphatic hydroxyl groups is 1. The molecular formula is C18H23NO3. The third kappa shape index (κ3) is 4.40.